The van der Waals surface area contributed by atoms with Gasteiger partial charge in [-0.1, -0.05) is 13.3 Å². The Balaban J connectivity index is 2.50. The number of nitrogens with zero attached hydrogens (tertiary/aromatic N) is 1. The topological polar surface area (TPSA) is 50.1 Å². The average Bonchev–Trinajstić information content (AvgIpc) is 2.70. The van der Waals surface area contributed by atoms with Crippen molar-refractivity contribution in [2.45, 2.75) is 46.0 Å². The van der Waals surface area contributed by atoms with Gasteiger partial charge in [-0.25, -0.2) is 0 Å². The molecular formula is C13H21NO2. The quantitative estimate of drug-likeness (QED) is 0.673. The van der Waals surface area contributed by atoms with Crippen LogP contribution in [0.3, 0.4) is 0 Å². The molecule has 1 aliphatic rings. The van der Waals surface area contributed by atoms with Crippen LogP contribution in [0.15, 0.2) is 0 Å². The molecule has 1 fully saturated rings. The van der Waals surface area contributed by atoms with Crippen LogP contribution in [-0.4, -0.2) is 12.6 Å². The van der Waals surface area contributed by atoms with Crippen molar-refractivity contribution in [3.05, 3.63) is 0 Å². The monoisotopic (exact) mass is 223 g/mol. The fraction of sp³-hybridized carbons (Fsp3) is 0.846. The van der Waals surface area contributed by atoms with Gasteiger partial charge in [0.05, 0.1) is 18.6 Å². The number of carbonyl (C=O) groups is 1. The molecule has 1 aliphatic carbocycles. The molecule has 0 aromatic carbocycles. The van der Waals surface area contributed by atoms with Gasteiger partial charge in [-0.2, -0.15) is 5.26 Å². The predicted molar refractivity (Wildman–Crippen MR) is 61.5 cm³/mol. The van der Waals surface area contributed by atoms with E-state index >= 15 is 0 Å². The second-order valence-corrected chi connectivity index (χ2v) is 4.56. The Morgan fingerprint density at radius 1 is 1.44 bits per heavy atom. The van der Waals surface area contributed by atoms with E-state index in [2.05, 4.69) is 13.0 Å². The molecule has 0 spiro atoms. The summed E-state index contributed by atoms with van der Waals surface area (Å²) in [6, 6.07) is 2.18. The van der Waals surface area contributed by atoms with Crippen LogP contribution in [0.5, 0.6) is 0 Å². The second-order valence-electron chi connectivity index (χ2n) is 4.56. The Morgan fingerprint density at radius 2 is 2.19 bits per heavy atom. The molecule has 1 saturated carbocycles. The lowest BCUT2D eigenvalue weighted by molar-refractivity contribution is -0.149. The van der Waals surface area contributed by atoms with Crippen molar-refractivity contribution in [3.8, 4) is 6.07 Å². The van der Waals surface area contributed by atoms with Gasteiger partial charge < -0.3 is 4.74 Å². The van der Waals surface area contributed by atoms with Crippen molar-refractivity contribution < 1.29 is 9.53 Å². The summed E-state index contributed by atoms with van der Waals surface area (Å²) in [5, 5.41) is 8.57. The van der Waals surface area contributed by atoms with E-state index < -0.39 is 0 Å². The van der Waals surface area contributed by atoms with Crippen molar-refractivity contribution in [1.29, 1.82) is 5.26 Å². The smallest absolute Gasteiger partial charge is 0.309 e. The van der Waals surface area contributed by atoms with Crippen LogP contribution in [-0.2, 0) is 9.53 Å². The summed E-state index contributed by atoms with van der Waals surface area (Å²) in [6.07, 6.45) is 4.58. The van der Waals surface area contributed by atoms with Gasteiger partial charge in [-0.15, -0.1) is 0 Å². The number of ether oxygens (including phenoxy) is 1. The summed E-state index contributed by atoms with van der Waals surface area (Å²) in [6.45, 7) is 4.44. The van der Waals surface area contributed by atoms with Crippen molar-refractivity contribution in [3.63, 3.8) is 0 Å². The summed E-state index contributed by atoms with van der Waals surface area (Å²) in [5.41, 5.74) is 0. The molecule has 0 amide bonds. The molecule has 0 radical (unpaired) electrons. The van der Waals surface area contributed by atoms with E-state index in [9.17, 15) is 4.79 Å². The van der Waals surface area contributed by atoms with Crippen LogP contribution in [0.25, 0.3) is 0 Å². The van der Waals surface area contributed by atoms with E-state index in [1.165, 1.54) is 0 Å². The van der Waals surface area contributed by atoms with Crippen molar-refractivity contribution >= 4 is 5.97 Å². The maximum absolute atomic E-state index is 11.7. The molecule has 1 rings (SSSR count). The first-order valence-electron chi connectivity index (χ1n) is 6.26. The van der Waals surface area contributed by atoms with E-state index in [0.717, 1.165) is 25.7 Å². The zero-order valence-electron chi connectivity index (χ0n) is 10.2. The normalized spacial score (nSPS) is 28.7. The highest BCUT2D eigenvalue weighted by Gasteiger charge is 2.38. The summed E-state index contributed by atoms with van der Waals surface area (Å²) in [4.78, 5) is 11.7. The zero-order chi connectivity index (χ0) is 12.0. The molecule has 0 aliphatic heterocycles. The number of hydrogen-bond acceptors (Lipinski definition) is 3. The molecule has 0 heterocycles. The van der Waals surface area contributed by atoms with Crippen LogP contribution >= 0.6 is 0 Å². The number of hydrogen-bond donors (Lipinski definition) is 0. The van der Waals surface area contributed by atoms with Gasteiger partial charge in [-0.05, 0) is 38.0 Å². The number of carbonyl (C=O) groups excluding carboxylic acids is 1. The third kappa shape index (κ3) is 3.23. The third-order valence-electron chi connectivity index (χ3n) is 3.57. The molecule has 16 heavy (non-hydrogen) atoms. The molecule has 0 saturated heterocycles. The van der Waals surface area contributed by atoms with Crippen LogP contribution in [0, 0.1) is 29.1 Å². The first-order valence-corrected chi connectivity index (χ1v) is 6.26. The number of esters is 1. The van der Waals surface area contributed by atoms with Gasteiger partial charge in [0.25, 0.3) is 0 Å². The number of rotatable bonds is 5. The van der Waals surface area contributed by atoms with E-state index in [-0.39, 0.29) is 11.9 Å². The Labute approximate surface area is 97.8 Å². The highest BCUT2D eigenvalue weighted by atomic mass is 16.5. The van der Waals surface area contributed by atoms with Crippen LogP contribution in [0.4, 0.5) is 0 Å². The minimum Gasteiger partial charge on any atom is -0.466 e. The molecule has 90 valence electrons. The minimum atomic E-state index is -0.0335. The first-order chi connectivity index (χ1) is 7.72. The molecule has 0 bridgehead atoms. The lowest BCUT2D eigenvalue weighted by Crippen LogP contribution is -2.21. The average molecular weight is 223 g/mol. The largest absolute Gasteiger partial charge is 0.466 e. The summed E-state index contributed by atoms with van der Waals surface area (Å²) < 4.78 is 5.11. The van der Waals surface area contributed by atoms with Crippen molar-refractivity contribution in [2.24, 2.45) is 17.8 Å². The summed E-state index contributed by atoms with van der Waals surface area (Å²) >= 11 is 0. The Bertz CT molecular complexity index is 270. The van der Waals surface area contributed by atoms with E-state index in [4.69, 9.17) is 10.00 Å². The molecule has 0 aromatic heterocycles. The fourth-order valence-electron chi connectivity index (χ4n) is 2.73. The van der Waals surface area contributed by atoms with Gasteiger partial charge in [0, 0.05) is 6.42 Å². The van der Waals surface area contributed by atoms with Crippen LogP contribution in [0.2, 0.25) is 0 Å². The van der Waals surface area contributed by atoms with Gasteiger partial charge >= 0.3 is 5.97 Å². The second kappa shape index (κ2) is 6.52. The maximum atomic E-state index is 11.7. The maximum Gasteiger partial charge on any atom is 0.309 e. The molecule has 3 heteroatoms. The highest BCUT2D eigenvalue weighted by molar-refractivity contribution is 5.73. The lowest BCUT2D eigenvalue weighted by atomic mass is 9.94. The molecule has 0 N–H and O–H groups in total. The first kappa shape index (κ1) is 13.0. The predicted octanol–water partition coefficient (Wildman–Crippen LogP) is 2.91. The van der Waals surface area contributed by atoms with E-state index in [0.29, 0.717) is 24.9 Å². The van der Waals surface area contributed by atoms with Gasteiger partial charge in [0.15, 0.2) is 0 Å². The highest BCUT2D eigenvalue weighted by Crippen LogP contribution is 2.41. The summed E-state index contributed by atoms with van der Waals surface area (Å²) in [5.74, 6) is 1.05. The zero-order valence-corrected chi connectivity index (χ0v) is 10.2. The minimum absolute atomic E-state index is 0.0335. The lowest BCUT2D eigenvalue weighted by Gasteiger charge is -2.15. The Morgan fingerprint density at radius 3 is 2.75 bits per heavy atom. The summed E-state index contributed by atoms with van der Waals surface area (Å²) in [7, 11) is 0. The van der Waals surface area contributed by atoms with Crippen molar-refractivity contribution in [1.82, 2.24) is 0 Å². The number of nitriles is 1. The molecular weight excluding hydrogens is 202 g/mol. The SMILES string of the molecule is CCOC(=O)[C@H]1C[C@@H](CCC#N)C[C@H]1CC. The Hall–Kier alpha value is -1.04. The van der Waals surface area contributed by atoms with E-state index in [1.54, 1.807) is 0 Å². The molecule has 0 aromatic rings. The molecule has 0 unspecified atom stereocenters. The fourth-order valence-corrected chi connectivity index (χ4v) is 2.73. The van der Waals surface area contributed by atoms with Gasteiger partial charge in [-0.3, -0.25) is 4.79 Å². The molecule has 3 nitrogen and oxygen atoms in total. The van der Waals surface area contributed by atoms with Gasteiger partial charge in [0.2, 0.25) is 0 Å². The molecule has 3 atom stereocenters. The third-order valence-corrected chi connectivity index (χ3v) is 3.57. The Kier molecular flexibility index (Phi) is 5.31. The standard InChI is InChI=1S/C13H21NO2/c1-3-11-8-10(6-5-7-14)9-12(11)13(15)16-4-2/h10-12H,3-6,8-9H2,1-2H3/t10-,11+,12-/m0/s1. The van der Waals surface area contributed by atoms with Gasteiger partial charge in [0.1, 0.15) is 0 Å². The van der Waals surface area contributed by atoms with E-state index in [1.807, 2.05) is 6.92 Å². The van der Waals surface area contributed by atoms with Crippen LogP contribution < -0.4 is 0 Å². The van der Waals surface area contributed by atoms with Crippen LogP contribution in [0.1, 0.15) is 46.0 Å². The van der Waals surface area contributed by atoms with Crippen molar-refractivity contribution in [2.75, 3.05) is 6.61 Å².